The molecule has 0 radical (unpaired) electrons. The van der Waals surface area contributed by atoms with Crippen LogP contribution in [0.2, 0.25) is 0 Å². The fraction of sp³-hybridized carbons (Fsp3) is 0.238. The van der Waals surface area contributed by atoms with Crippen molar-refractivity contribution >= 4 is 10.9 Å². The predicted octanol–water partition coefficient (Wildman–Crippen LogP) is 6.08. The summed E-state index contributed by atoms with van der Waals surface area (Å²) in [6.07, 6.45) is 1.92. The van der Waals surface area contributed by atoms with Crippen LogP contribution in [0.5, 0.6) is 0 Å². The Morgan fingerprint density at radius 3 is 2.05 bits per heavy atom. The molecule has 0 fully saturated rings. The first-order valence-electron chi connectivity index (χ1n) is 7.81. The Labute approximate surface area is 133 Å². The number of hydrogen-bond acceptors (Lipinski definition) is 0. The van der Waals surface area contributed by atoms with Crippen molar-refractivity contribution in [3.05, 3.63) is 78.5 Å². The highest BCUT2D eigenvalue weighted by atomic mass is 15.0. The third kappa shape index (κ3) is 3.30. The van der Waals surface area contributed by atoms with E-state index in [0.29, 0.717) is 5.92 Å². The summed E-state index contributed by atoms with van der Waals surface area (Å²) in [4.78, 5) is 0. The quantitative estimate of drug-likeness (QED) is 0.504. The van der Waals surface area contributed by atoms with Crippen LogP contribution in [0.1, 0.15) is 25.1 Å². The first-order chi connectivity index (χ1) is 10.6. The zero-order chi connectivity index (χ0) is 16.1. The van der Waals surface area contributed by atoms with Gasteiger partial charge in [-0.15, -0.1) is 6.58 Å². The van der Waals surface area contributed by atoms with Gasteiger partial charge in [-0.2, -0.15) is 0 Å². The monoisotopic (exact) mass is 291 g/mol. The highest BCUT2D eigenvalue weighted by Gasteiger charge is 2.10. The fourth-order valence-corrected chi connectivity index (χ4v) is 2.44. The van der Waals surface area contributed by atoms with E-state index < -0.39 is 0 Å². The van der Waals surface area contributed by atoms with Crippen molar-refractivity contribution in [3.8, 4) is 5.69 Å². The van der Waals surface area contributed by atoms with E-state index in [9.17, 15) is 0 Å². The molecular weight excluding hydrogens is 266 g/mol. The van der Waals surface area contributed by atoms with Gasteiger partial charge in [0.2, 0.25) is 0 Å². The van der Waals surface area contributed by atoms with Gasteiger partial charge in [0.25, 0.3) is 0 Å². The molecule has 0 aliphatic rings. The van der Waals surface area contributed by atoms with Crippen molar-refractivity contribution < 1.29 is 0 Å². The van der Waals surface area contributed by atoms with Crippen LogP contribution in [-0.4, -0.2) is 4.57 Å². The van der Waals surface area contributed by atoms with Gasteiger partial charge in [0.15, 0.2) is 0 Å². The van der Waals surface area contributed by atoms with Crippen molar-refractivity contribution in [2.24, 2.45) is 5.92 Å². The van der Waals surface area contributed by atoms with Gasteiger partial charge >= 0.3 is 0 Å². The van der Waals surface area contributed by atoms with E-state index in [-0.39, 0.29) is 0 Å². The molecule has 0 saturated heterocycles. The molecule has 1 nitrogen and oxygen atoms in total. The average molecular weight is 291 g/mol. The molecule has 1 aromatic heterocycles. The van der Waals surface area contributed by atoms with Gasteiger partial charge in [-0.3, -0.25) is 0 Å². The molecule has 0 N–H and O–H groups in total. The zero-order valence-electron chi connectivity index (χ0n) is 14.0. The Bertz CT molecular complexity index is 748. The minimum absolute atomic E-state index is 0.648. The van der Waals surface area contributed by atoms with E-state index in [0.717, 1.165) is 0 Å². The van der Waals surface area contributed by atoms with Crippen molar-refractivity contribution in [1.29, 1.82) is 0 Å². The summed E-state index contributed by atoms with van der Waals surface area (Å²) < 4.78 is 2.32. The maximum Gasteiger partial charge on any atom is 0.0534 e. The average Bonchev–Trinajstić information content (AvgIpc) is 2.81. The van der Waals surface area contributed by atoms with E-state index >= 15 is 0 Å². The van der Waals surface area contributed by atoms with Crippen molar-refractivity contribution in [1.82, 2.24) is 4.57 Å². The van der Waals surface area contributed by atoms with Gasteiger partial charge in [-0.05, 0) is 43.5 Å². The van der Waals surface area contributed by atoms with Crippen LogP contribution >= 0.6 is 0 Å². The summed E-state index contributed by atoms with van der Waals surface area (Å²) >= 11 is 0. The number of para-hydroxylation sites is 2. The van der Waals surface area contributed by atoms with E-state index in [1.54, 1.807) is 0 Å². The zero-order valence-corrected chi connectivity index (χ0v) is 14.0. The lowest BCUT2D eigenvalue weighted by Crippen LogP contribution is -1.95. The number of hydrogen-bond donors (Lipinski definition) is 0. The van der Waals surface area contributed by atoms with Crippen LogP contribution in [0.3, 0.4) is 0 Å². The van der Waals surface area contributed by atoms with Crippen LogP contribution in [0.4, 0.5) is 0 Å². The summed E-state index contributed by atoms with van der Waals surface area (Å²) in [5.74, 6) is 0.648. The largest absolute Gasteiger partial charge is 0.314 e. The second-order valence-corrected chi connectivity index (χ2v) is 5.88. The minimum atomic E-state index is 0.648. The number of fused-ring (bicyclic) bond motifs is 1. The van der Waals surface area contributed by atoms with Gasteiger partial charge in [0.05, 0.1) is 5.52 Å². The first-order valence-corrected chi connectivity index (χ1v) is 7.81. The molecule has 0 aliphatic carbocycles. The highest BCUT2D eigenvalue weighted by molar-refractivity contribution is 5.86. The summed E-state index contributed by atoms with van der Waals surface area (Å²) in [6, 6.07) is 19.1. The Kier molecular flexibility index (Phi) is 5.21. The SMILES string of the molecule is C=CC(C)C.Cc1c(C)n(-c2ccccc2)c2ccccc12. The molecule has 114 valence electrons. The predicted molar refractivity (Wildman–Crippen MR) is 97.8 cm³/mol. The number of rotatable bonds is 2. The standard InChI is InChI=1S/C16H15N.C5H10/c1-12-13(2)17(14-8-4-3-5-9-14)16-11-7-6-10-15(12)16;1-4-5(2)3/h3-11H,1-2H3;4-5H,1H2,2-3H3. The Balaban J connectivity index is 0.000000309. The summed E-state index contributed by atoms with van der Waals surface area (Å²) in [6.45, 7) is 12.1. The lowest BCUT2D eigenvalue weighted by molar-refractivity contribution is 0.835. The van der Waals surface area contributed by atoms with Crippen molar-refractivity contribution in [2.75, 3.05) is 0 Å². The van der Waals surface area contributed by atoms with Gasteiger partial charge in [-0.1, -0.05) is 56.3 Å². The highest BCUT2D eigenvalue weighted by Crippen LogP contribution is 2.27. The summed E-state index contributed by atoms with van der Waals surface area (Å²) in [5.41, 5.74) is 5.20. The normalized spacial score (nSPS) is 10.4. The third-order valence-corrected chi connectivity index (χ3v) is 3.91. The van der Waals surface area contributed by atoms with Gasteiger partial charge in [0.1, 0.15) is 0 Å². The molecule has 1 heteroatoms. The summed E-state index contributed by atoms with van der Waals surface area (Å²) in [5, 5.41) is 1.34. The number of benzene rings is 2. The Morgan fingerprint density at radius 2 is 1.45 bits per heavy atom. The van der Waals surface area contributed by atoms with Crippen molar-refractivity contribution in [2.45, 2.75) is 27.7 Å². The molecule has 0 spiro atoms. The number of allylic oxidation sites excluding steroid dienone is 1. The molecule has 0 bridgehead atoms. The molecule has 0 saturated carbocycles. The molecule has 22 heavy (non-hydrogen) atoms. The second-order valence-electron chi connectivity index (χ2n) is 5.88. The fourth-order valence-electron chi connectivity index (χ4n) is 2.44. The molecule has 0 amide bonds. The third-order valence-electron chi connectivity index (χ3n) is 3.91. The van der Waals surface area contributed by atoms with Crippen LogP contribution in [-0.2, 0) is 0 Å². The first kappa shape index (κ1) is 16.1. The number of nitrogens with zero attached hydrogens (tertiary/aromatic N) is 1. The van der Waals surface area contributed by atoms with Crippen LogP contribution in [0, 0.1) is 19.8 Å². The van der Waals surface area contributed by atoms with Crippen LogP contribution < -0.4 is 0 Å². The van der Waals surface area contributed by atoms with E-state index in [1.807, 2.05) is 6.08 Å². The maximum atomic E-state index is 3.56. The topological polar surface area (TPSA) is 4.93 Å². The van der Waals surface area contributed by atoms with E-state index in [4.69, 9.17) is 0 Å². The smallest absolute Gasteiger partial charge is 0.0534 e. The number of aryl methyl sites for hydroxylation is 1. The molecule has 3 rings (SSSR count). The molecule has 1 heterocycles. The molecule has 3 aromatic rings. The minimum Gasteiger partial charge on any atom is -0.314 e. The van der Waals surface area contributed by atoms with Gasteiger partial charge in [-0.25, -0.2) is 0 Å². The van der Waals surface area contributed by atoms with Gasteiger partial charge in [0, 0.05) is 16.8 Å². The molecule has 0 unspecified atom stereocenters. The van der Waals surface area contributed by atoms with Crippen molar-refractivity contribution in [3.63, 3.8) is 0 Å². The van der Waals surface area contributed by atoms with Crippen LogP contribution in [0.25, 0.3) is 16.6 Å². The van der Waals surface area contributed by atoms with Crippen LogP contribution in [0.15, 0.2) is 67.3 Å². The maximum absolute atomic E-state index is 3.56. The second kappa shape index (κ2) is 7.13. The molecule has 0 aliphatic heterocycles. The molecule has 2 aromatic carbocycles. The molecule has 0 atom stereocenters. The molecular formula is C21H25N. The Morgan fingerprint density at radius 1 is 0.909 bits per heavy atom. The summed E-state index contributed by atoms with van der Waals surface area (Å²) in [7, 11) is 0. The van der Waals surface area contributed by atoms with E-state index in [1.165, 1.54) is 27.8 Å². The lowest BCUT2D eigenvalue weighted by atomic mass is 10.2. The number of aromatic nitrogens is 1. The van der Waals surface area contributed by atoms with Gasteiger partial charge < -0.3 is 4.57 Å². The lowest BCUT2D eigenvalue weighted by Gasteiger charge is -2.08. The van der Waals surface area contributed by atoms with E-state index in [2.05, 4.69) is 93.4 Å². The Hall–Kier alpha value is -2.28.